The van der Waals surface area contributed by atoms with E-state index in [0.29, 0.717) is 29.5 Å². The first kappa shape index (κ1) is 21.1. The largest absolute Gasteiger partial charge is 0.495 e. The third-order valence-electron chi connectivity index (χ3n) is 3.88. The maximum atomic E-state index is 12.4. The second kappa shape index (κ2) is 10.2. The van der Waals surface area contributed by atoms with E-state index in [4.69, 9.17) is 18.9 Å². The van der Waals surface area contributed by atoms with Crippen molar-refractivity contribution in [1.82, 2.24) is 0 Å². The average molecular weight is 387 g/mol. The molecule has 0 aliphatic rings. The lowest BCUT2D eigenvalue weighted by Crippen LogP contribution is -2.30. The zero-order valence-electron chi connectivity index (χ0n) is 16.5. The molecule has 7 heteroatoms. The van der Waals surface area contributed by atoms with Crippen LogP contribution in [-0.2, 0) is 9.53 Å². The number of methoxy groups -OCH3 is 2. The van der Waals surface area contributed by atoms with E-state index < -0.39 is 18.0 Å². The molecule has 0 heterocycles. The Balaban J connectivity index is 2.04. The van der Waals surface area contributed by atoms with Crippen LogP contribution in [0.3, 0.4) is 0 Å². The molecule has 0 radical (unpaired) electrons. The highest BCUT2D eigenvalue weighted by Crippen LogP contribution is 2.29. The topological polar surface area (TPSA) is 83.1 Å². The Labute approximate surface area is 164 Å². The smallest absolute Gasteiger partial charge is 0.339 e. The standard InChI is InChI=1S/C21H25NO6/c1-5-12-27-18-11-10-15(13-19(18)26-4)21(24)28-14(2)20(23)22-16-8-6-7-9-17(16)25-3/h6-11,13-14H,5,12H2,1-4H3,(H,22,23)/t14-/m0/s1. The third-order valence-corrected chi connectivity index (χ3v) is 3.88. The molecule has 2 aromatic rings. The van der Waals surface area contributed by atoms with Crippen LogP contribution in [-0.4, -0.2) is 38.8 Å². The number of rotatable bonds is 9. The Morgan fingerprint density at radius 2 is 1.71 bits per heavy atom. The number of para-hydroxylation sites is 2. The summed E-state index contributed by atoms with van der Waals surface area (Å²) in [6.07, 6.45) is -0.148. The Morgan fingerprint density at radius 3 is 2.39 bits per heavy atom. The molecule has 0 unspecified atom stereocenters. The maximum absolute atomic E-state index is 12.4. The summed E-state index contributed by atoms with van der Waals surface area (Å²) in [5.41, 5.74) is 0.759. The number of esters is 1. The normalized spacial score (nSPS) is 11.3. The lowest BCUT2D eigenvalue weighted by Gasteiger charge is -2.16. The van der Waals surface area contributed by atoms with Crippen LogP contribution in [0.5, 0.6) is 17.2 Å². The highest BCUT2D eigenvalue weighted by Gasteiger charge is 2.21. The molecule has 1 N–H and O–H groups in total. The molecule has 0 bridgehead atoms. The lowest BCUT2D eigenvalue weighted by atomic mass is 10.2. The highest BCUT2D eigenvalue weighted by atomic mass is 16.5. The van der Waals surface area contributed by atoms with Crippen molar-refractivity contribution in [3.8, 4) is 17.2 Å². The average Bonchev–Trinajstić information content (AvgIpc) is 2.72. The molecule has 28 heavy (non-hydrogen) atoms. The van der Waals surface area contributed by atoms with Crippen LogP contribution in [0.4, 0.5) is 5.69 Å². The fourth-order valence-corrected chi connectivity index (χ4v) is 2.39. The molecule has 2 rings (SSSR count). The maximum Gasteiger partial charge on any atom is 0.339 e. The van der Waals surface area contributed by atoms with Crippen LogP contribution in [0, 0.1) is 0 Å². The number of benzene rings is 2. The molecule has 150 valence electrons. The Hall–Kier alpha value is -3.22. The molecule has 0 saturated heterocycles. The molecule has 7 nitrogen and oxygen atoms in total. The summed E-state index contributed by atoms with van der Waals surface area (Å²) in [4.78, 5) is 24.8. The Bertz CT molecular complexity index is 820. The van der Waals surface area contributed by atoms with Crippen molar-refractivity contribution in [2.24, 2.45) is 0 Å². The summed E-state index contributed by atoms with van der Waals surface area (Å²) < 4.78 is 21.3. The fourth-order valence-electron chi connectivity index (χ4n) is 2.39. The van der Waals surface area contributed by atoms with Gasteiger partial charge in [0.25, 0.3) is 5.91 Å². The first-order valence-electron chi connectivity index (χ1n) is 8.95. The van der Waals surface area contributed by atoms with Crippen molar-refractivity contribution in [3.63, 3.8) is 0 Å². The van der Waals surface area contributed by atoms with Gasteiger partial charge in [0.1, 0.15) is 5.75 Å². The van der Waals surface area contributed by atoms with Gasteiger partial charge in [0.2, 0.25) is 0 Å². The van der Waals surface area contributed by atoms with E-state index in [1.54, 1.807) is 36.4 Å². The summed E-state index contributed by atoms with van der Waals surface area (Å²) in [5.74, 6) is 0.384. The number of carbonyl (C=O) groups is 2. The van der Waals surface area contributed by atoms with Crippen molar-refractivity contribution in [2.45, 2.75) is 26.4 Å². The minimum atomic E-state index is -1.00. The summed E-state index contributed by atoms with van der Waals surface area (Å²) in [6, 6.07) is 11.7. The quantitative estimate of drug-likeness (QED) is 0.661. The van der Waals surface area contributed by atoms with Gasteiger partial charge < -0.3 is 24.3 Å². The minimum Gasteiger partial charge on any atom is -0.495 e. The SMILES string of the molecule is CCCOc1ccc(C(=O)O[C@@H](C)C(=O)Nc2ccccc2OC)cc1OC. The van der Waals surface area contributed by atoms with E-state index in [2.05, 4.69) is 5.32 Å². The molecule has 0 aromatic heterocycles. The summed E-state index contributed by atoms with van der Waals surface area (Å²) in [6.45, 7) is 4.04. The number of hydrogen-bond donors (Lipinski definition) is 1. The van der Waals surface area contributed by atoms with Gasteiger partial charge >= 0.3 is 5.97 Å². The van der Waals surface area contributed by atoms with Gasteiger partial charge in [0, 0.05) is 0 Å². The van der Waals surface area contributed by atoms with Crippen LogP contribution in [0.25, 0.3) is 0 Å². The van der Waals surface area contributed by atoms with Gasteiger partial charge in [0.15, 0.2) is 17.6 Å². The van der Waals surface area contributed by atoms with Crippen LogP contribution in [0.1, 0.15) is 30.6 Å². The molecular formula is C21H25NO6. The van der Waals surface area contributed by atoms with Crippen LogP contribution < -0.4 is 19.5 Å². The Kier molecular flexibility index (Phi) is 7.68. The van der Waals surface area contributed by atoms with E-state index in [-0.39, 0.29) is 5.56 Å². The molecule has 0 saturated carbocycles. The van der Waals surface area contributed by atoms with Gasteiger partial charge in [-0.15, -0.1) is 0 Å². The molecule has 0 aliphatic carbocycles. The van der Waals surface area contributed by atoms with Gasteiger partial charge in [-0.3, -0.25) is 4.79 Å². The van der Waals surface area contributed by atoms with Crippen molar-refractivity contribution < 1.29 is 28.5 Å². The van der Waals surface area contributed by atoms with Crippen molar-refractivity contribution in [1.29, 1.82) is 0 Å². The predicted octanol–water partition coefficient (Wildman–Crippen LogP) is 3.68. The van der Waals surface area contributed by atoms with E-state index >= 15 is 0 Å². The molecule has 0 spiro atoms. The van der Waals surface area contributed by atoms with Gasteiger partial charge in [-0.1, -0.05) is 19.1 Å². The number of ether oxygens (including phenoxy) is 4. The van der Waals surface area contributed by atoms with E-state index in [0.717, 1.165) is 6.42 Å². The zero-order chi connectivity index (χ0) is 20.5. The van der Waals surface area contributed by atoms with Gasteiger partial charge in [-0.2, -0.15) is 0 Å². The van der Waals surface area contributed by atoms with Gasteiger partial charge in [-0.05, 0) is 43.7 Å². The minimum absolute atomic E-state index is 0.262. The molecule has 1 atom stereocenters. The van der Waals surface area contributed by atoms with Crippen LogP contribution in [0.2, 0.25) is 0 Å². The van der Waals surface area contributed by atoms with Crippen LogP contribution in [0.15, 0.2) is 42.5 Å². The van der Waals surface area contributed by atoms with Crippen molar-refractivity contribution in [3.05, 3.63) is 48.0 Å². The first-order valence-corrected chi connectivity index (χ1v) is 8.95. The number of anilines is 1. The van der Waals surface area contributed by atoms with Crippen molar-refractivity contribution in [2.75, 3.05) is 26.1 Å². The highest BCUT2D eigenvalue weighted by molar-refractivity contribution is 5.98. The zero-order valence-corrected chi connectivity index (χ0v) is 16.5. The van der Waals surface area contributed by atoms with E-state index in [9.17, 15) is 9.59 Å². The predicted molar refractivity (Wildman–Crippen MR) is 105 cm³/mol. The van der Waals surface area contributed by atoms with E-state index in [1.807, 2.05) is 6.92 Å². The first-order chi connectivity index (χ1) is 13.5. The summed E-state index contributed by atoms with van der Waals surface area (Å²) >= 11 is 0. The second-order valence-electron chi connectivity index (χ2n) is 5.95. The lowest BCUT2D eigenvalue weighted by molar-refractivity contribution is -0.123. The second-order valence-corrected chi connectivity index (χ2v) is 5.95. The third kappa shape index (κ3) is 5.39. The molecule has 2 aromatic carbocycles. The van der Waals surface area contributed by atoms with Gasteiger partial charge in [-0.25, -0.2) is 4.79 Å². The van der Waals surface area contributed by atoms with Crippen molar-refractivity contribution >= 4 is 17.6 Å². The molecule has 1 amide bonds. The van der Waals surface area contributed by atoms with E-state index in [1.165, 1.54) is 27.2 Å². The van der Waals surface area contributed by atoms with Crippen LogP contribution >= 0.6 is 0 Å². The number of amides is 1. The molecule has 0 fully saturated rings. The summed E-state index contributed by atoms with van der Waals surface area (Å²) in [5, 5.41) is 2.69. The Morgan fingerprint density at radius 1 is 1.00 bits per heavy atom. The number of nitrogens with one attached hydrogen (secondary N) is 1. The monoisotopic (exact) mass is 387 g/mol. The summed E-state index contributed by atoms with van der Waals surface area (Å²) in [7, 11) is 3.00. The fraction of sp³-hybridized carbons (Fsp3) is 0.333. The van der Waals surface area contributed by atoms with Gasteiger partial charge in [0.05, 0.1) is 32.1 Å². The number of hydrogen-bond acceptors (Lipinski definition) is 6. The molecule has 0 aliphatic heterocycles. The number of carbonyl (C=O) groups excluding carboxylic acids is 2. The molecular weight excluding hydrogens is 362 g/mol.